The standard InChI is InChI=1S/C20H33NO3/c1-4-5-6-7-15(2)16(3)17-12-19(22)18(20(23)13-17)14-21-8-10-24-11-9-21/h12-13,15-16,22-23H,4-11,14H2,1-3H3. The number of ether oxygens (including phenoxy) is 1. The lowest BCUT2D eigenvalue weighted by atomic mass is 9.85. The molecule has 4 heteroatoms. The molecule has 0 saturated carbocycles. The Morgan fingerprint density at radius 2 is 1.71 bits per heavy atom. The molecule has 24 heavy (non-hydrogen) atoms. The number of phenols is 2. The zero-order valence-electron chi connectivity index (χ0n) is 15.4. The van der Waals surface area contributed by atoms with Crippen molar-refractivity contribution in [2.24, 2.45) is 5.92 Å². The monoisotopic (exact) mass is 335 g/mol. The van der Waals surface area contributed by atoms with Crippen LogP contribution < -0.4 is 0 Å². The minimum Gasteiger partial charge on any atom is -0.507 e. The van der Waals surface area contributed by atoms with Crippen LogP contribution in [0.15, 0.2) is 12.1 Å². The Bertz CT molecular complexity index is 489. The zero-order valence-corrected chi connectivity index (χ0v) is 15.4. The molecule has 1 heterocycles. The largest absolute Gasteiger partial charge is 0.507 e. The number of nitrogens with zero attached hydrogens (tertiary/aromatic N) is 1. The van der Waals surface area contributed by atoms with E-state index in [9.17, 15) is 10.2 Å². The summed E-state index contributed by atoms with van der Waals surface area (Å²) in [6, 6.07) is 3.69. The van der Waals surface area contributed by atoms with Crippen LogP contribution in [0.4, 0.5) is 0 Å². The van der Waals surface area contributed by atoms with Crippen molar-refractivity contribution in [1.29, 1.82) is 0 Å². The van der Waals surface area contributed by atoms with E-state index >= 15 is 0 Å². The summed E-state index contributed by atoms with van der Waals surface area (Å²) < 4.78 is 5.35. The first-order valence-corrected chi connectivity index (χ1v) is 9.37. The summed E-state index contributed by atoms with van der Waals surface area (Å²) in [4.78, 5) is 2.20. The molecule has 1 aliphatic heterocycles. The summed E-state index contributed by atoms with van der Waals surface area (Å²) in [5.41, 5.74) is 1.66. The molecule has 1 aromatic rings. The summed E-state index contributed by atoms with van der Waals surface area (Å²) >= 11 is 0. The van der Waals surface area contributed by atoms with E-state index in [0.717, 1.165) is 18.7 Å². The highest BCUT2D eigenvalue weighted by Crippen LogP contribution is 2.36. The first kappa shape index (κ1) is 19.1. The van der Waals surface area contributed by atoms with E-state index in [0.29, 0.717) is 37.2 Å². The van der Waals surface area contributed by atoms with Gasteiger partial charge in [-0.3, -0.25) is 4.90 Å². The molecule has 2 N–H and O–H groups in total. The van der Waals surface area contributed by atoms with E-state index in [2.05, 4.69) is 25.7 Å². The molecular formula is C20H33NO3. The van der Waals surface area contributed by atoms with Gasteiger partial charge < -0.3 is 14.9 Å². The molecule has 0 aliphatic carbocycles. The Hall–Kier alpha value is -1.26. The summed E-state index contributed by atoms with van der Waals surface area (Å²) in [6.07, 6.45) is 4.94. The highest BCUT2D eigenvalue weighted by atomic mass is 16.5. The van der Waals surface area contributed by atoms with Crippen LogP contribution in [-0.4, -0.2) is 41.4 Å². The van der Waals surface area contributed by atoms with Gasteiger partial charge in [0.05, 0.1) is 13.2 Å². The molecule has 2 atom stereocenters. The van der Waals surface area contributed by atoms with Crippen molar-refractivity contribution in [2.45, 2.75) is 58.9 Å². The quantitative estimate of drug-likeness (QED) is 0.697. The number of aromatic hydroxyl groups is 2. The van der Waals surface area contributed by atoms with Crippen LogP contribution in [-0.2, 0) is 11.3 Å². The molecule has 2 rings (SSSR count). The van der Waals surface area contributed by atoms with Crippen molar-refractivity contribution in [3.8, 4) is 11.5 Å². The van der Waals surface area contributed by atoms with E-state index in [-0.39, 0.29) is 11.5 Å². The van der Waals surface area contributed by atoms with E-state index in [1.165, 1.54) is 25.7 Å². The third-order valence-electron chi connectivity index (χ3n) is 5.35. The maximum atomic E-state index is 10.4. The third kappa shape index (κ3) is 5.12. The summed E-state index contributed by atoms with van der Waals surface area (Å²) in [6.45, 7) is 10.3. The molecule has 1 aliphatic rings. The molecule has 0 spiro atoms. The Labute approximate surface area is 146 Å². The smallest absolute Gasteiger partial charge is 0.124 e. The molecule has 1 aromatic carbocycles. The van der Waals surface area contributed by atoms with Gasteiger partial charge in [-0.05, 0) is 29.5 Å². The average Bonchev–Trinajstić information content (AvgIpc) is 2.58. The lowest BCUT2D eigenvalue weighted by Gasteiger charge is -2.27. The SMILES string of the molecule is CCCCCC(C)C(C)c1cc(O)c(CN2CCOCC2)c(O)c1. The van der Waals surface area contributed by atoms with Crippen molar-refractivity contribution >= 4 is 0 Å². The van der Waals surface area contributed by atoms with Crippen LogP contribution in [0.25, 0.3) is 0 Å². The topological polar surface area (TPSA) is 52.9 Å². The normalized spacial score (nSPS) is 18.5. The number of benzene rings is 1. The minimum absolute atomic E-state index is 0.212. The first-order chi connectivity index (χ1) is 11.5. The number of rotatable bonds is 8. The number of hydrogen-bond acceptors (Lipinski definition) is 4. The van der Waals surface area contributed by atoms with Crippen LogP contribution in [0, 0.1) is 5.92 Å². The van der Waals surface area contributed by atoms with Crippen LogP contribution in [0.3, 0.4) is 0 Å². The van der Waals surface area contributed by atoms with Crippen molar-refractivity contribution in [1.82, 2.24) is 4.90 Å². The molecule has 0 amide bonds. The van der Waals surface area contributed by atoms with Gasteiger partial charge in [-0.2, -0.15) is 0 Å². The van der Waals surface area contributed by atoms with Gasteiger partial charge in [0.2, 0.25) is 0 Å². The van der Waals surface area contributed by atoms with E-state index in [4.69, 9.17) is 4.74 Å². The van der Waals surface area contributed by atoms with E-state index in [1.54, 1.807) is 0 Å². The highest BCUT2D eigenvalue weighted by Gasteiger charge is 2.20. The van der Waals surface area contributed by atoms with Crippen LogP contribution in [0.5, 0.6) is 11.5 Å². The fourth-order valence-electron chi connectivity index (χ4n) is 3.37. The maximum Gasteiger partial charge on any atom is 0.124 e. The minimum atomic E-state index is 0.212. The second-order valence-corrected chi connectivity index (χ2v) is 7.19. The first-order valence-electron chi connectivity index (χ1n) is 9.37. The molecule has 1 saturated heterocycles. The van der Waals surface area contributed by atoms with Crippen molar-refractivity contribution in [3.63, 3.8) is 0 Å². The van der Waals surface area contributed by atoms with Crippen molar-refractivity contribution in [3.05, 3.63) is 23.3 Å². The number of phenolic OH excluding ortho intramolecular Hbond substituents is 2. The second-order valence-electron chi connectivity index (χ2n) is 7.19. The Morgan fingerprint density at radius 1 is 1.08 bits per heavy atom. The molecule has 2 unspecified atom stereocenters. The number of unbranched alkanes of at least 4 members (excludes halogenated alkanes) is 2. The van der Waals surface area contributed by atoms with Crippen LogP contribution in [0.2, 0.25) is 0 Å². The Balaban J connectivity index is 2.04. The fourth-order valence-corrected chi connectivity index (χ4v) is 3.37. The highest BCUT2D eigenvalue weighted by molar-refractivity contribution is 5.47. The van der Waals surface area contributed by atoms with Gasteiger partial charge in [0.15, 0.2) is 0 Å². The van der Waals surface area contributed by atoms with Gasteiger partial charge in [0.1, 0.15) is 11.5 Å². The van der Waals surface area contributed by atoms with Gasteiger partial charge >= 0.3 is 0 Å². The molecule has 0 radical (unpaired) electrons. The van der Waals surface area contributed by atoms with Crippen LogP contribution in [0.1, 0.15) is 63.5 Å². The molecule has 4 nitrogen and oxygen atoms in total. The third-order valence-corrected chi connectivity index (χ3v) is 5.35. The van der Waals surface area contributed by atoms with Crippen molar-refractivity contribution in [2.75, 3.05) is 26.3 Å². The predicted octanol–water partition coefficient (Wildman–Crippen LogP) is 4.25. The summed E-state index contributed by atoms with van der Waals surface area (Å²) in [5, 5.41) is 20.9. The molecule has 136 valence electrons. The van der Waals surface area contributed by atoms with Gasteiger partial charge in [0.25, 0.3) is 0 Å². The predicted molar refractivity (Wildman–Crippen MR) is 97.6 cm³/mol. The molecule has 0 bridgehead atoms. The Kier molecular flexibility index (Phi) is 7.38. The summed E-state index contributed by atoms with van der Waals surface area (Å²) in [7, 11) is 0. The van der Waals surface area contributed by atoms with Crippen LogP contribution >= 0.6 is 0 Å². The fraction of sp³-hybridized carbons (Fsp3) is 0.700. The molecule has 0 aromatic heterocycles. The van der Waals surface area contributed by atoms with Crippen molar-refractivity contribution < 1.29 is 14.9 Å². The van der Waals surface area contributed by atoms with Gasteiger partial charge in [-0.25, -0.2) is 0 Å². The average molecular weight is 335 g/mol. The summed E-state index contributed by atoms with van der Waals surface area (Å²) in [5.74, 6) is 1.30. The molecular weight excluding hydrogens is 302 g/mol. The number of morpholine rings is 1. The zero-order chi connectivity index (χ0) is 17.5. The van der Waals surface area contributed by atoms with Gasteiger partial charge in [-0.1, -0.05) is 46.5 Å². The second kappa shape index (κ2) is 9.28. The lowest BCUT2D eigenvalue weighted by Crippen LogP contribution is -2.35. The number of hydrogen-bond donors (Lipinski definition) is 2. The van der Waals surface area contributed by atoms with Gasteiger partial charge in [0, 0.05) is 25.2 Å². The van der Waals surface area contributed by atoms with Gasteiger partial charge in [-0.15, -0.1) is 0 Å². The van der Waals surface area contributed by atoms with E-state index in [1.807, 2.05) is 12.1 Å². The lowest BCUT2D eigenvalue weighted by molar-refractivity contribution is 0.0335. The van der Waals surface area contributed by atoms with E-state index < -0.39 is 0 Å². The Morgan fingerprint density at radius 3 is 2.29 bits per heavy atom. The maximum absolute atomic E-state index is 10.4. The molecule has 1 fully saturated rings.